The number of piperazine rings is 2. The van der Waals surface area contributed by atoms with Gasteiger partial charge in [-0.05, 0) is 354 Å². The van der Waals surface area contributed by atoms with E-state index >= 15 is 0 Å². The second-order valence-corrected chi connectivity index (χ2v) is 43.1. The van der Waals surface area contributed by atoms with Crippen molar-refractivity contribution in [2.75, 3.05) is 366 Å². The maximum absolute atomic E-state index is 10.1. The summed E-state index contributed by atoms with van der Waals surface area (Å²) < 4.78 is 5.01. The number of ether oxygens (including phenoxy) is 1. The second-order valence-electron chi connectivity index (χ2n) is 41.9. The maximum atomic E-state index is 10.1. The average molecular weight is 1900 g/mol. The van der Waals surface area contributed by atoms with Crippen molar-refractivity contribution in [3.05, 3.63) is 0 Å². The molecular formula is C101H213N27O4S. The van der Waals surface area contributed by atoms with Gasteiger partial charge in [0.05, 0.1) is 19.3 Å². The van der Waals surface area contributed by atoms with Crippen molar-refractivity contribution in [1.29, 1.82) is 0 Å². The first kappa shape index (κ1) is 118. The van der Waals surface area contributed by atoms with Gasteiger partial charge in [-0.15, -0.1) is 0 Å². The summed E-state index contributed by atoms with van der Waals surface area (Å²) in [7, 11) is 2.15. The standard InChI is InChI=1S/2C8H16N2.C8H15N.C7H14N2.C6H12N2O.C6H12N2.C6H11NO.C6H13N.C5H10N2.2C5H12N2.C5H11NO.2C5H11N.C4H10N2.C4H9NO.C4H9NS.C4H9N/c1-4-9-5-2-8(1)3-6-10-7-8;1-2-8(10-5-1)3-6-9-7-4-8;1-2-4-8(5-3-1)6-9-7-8;1-3-8-4-2-7(1)5-9-6-7;9-5-8-6-1-3-7-4-2-6;1-2-7-3-6(1)4-8-5-6;8-6-7-4-2-1-3-5-7;1-2-4-6-7-5-3-1;1-5(2-6-1)3-7-4-5;1-7-4-2-6-3-5-7;1-2-6-4-5-7-3-1;7-5-1-3-6-4-2-5;2*1-2-4-6-5-3-1;1-2-6-4-3-5-1;2*1-3-6-4-2-5-1;1-2-4-5-3-1/h2*9-10H,1-7H2;9H,1-7H2;8-9H,1-6H2;5-7H,1-4H2,(H,8,9);7-8H,1-5H2;6H,1-5H2;7H,1-6H2;6-7H,1-4H2;6H,2-5H2,1H3;6-7H,1-5H2;5-7H,1-4H2;2*6H,1-5H2;5-6H,1-4H2;2*5H,1-4H2;5H,1-4H2. The number of piperidine rings is 8. The number of carbonyl (C=O) groups is 2. The van der Waals surface area contributed by atoms with Gasteiger partial charge in [0.15, 0.2) is 0 Å². The SMILES string of the molecule is C1CC2(CCN1)CCNC2.C1CC2(CCN1)CNC2.C1CC2(CN1)CNC2.C1CCC2(CC1)CNC2.C1CCCNCC1.C1CCNC1.C1CCNCC1.C1CCNCC1.C1CNC2(C1)CCNCC2.C1CNCCN1.C1CNCCNC1.C1COCCN1.C1CSCCN1.C1NCC12CNC2.CN1CCNCC1.O=CN1CCCCC1.O=CNC1CCNCC1.OC1CCNCC1. The van der Waals surface area contributed by atoms with Crippen LogP contribution in [-0.4, -0.2) is 411 Å². The molecule has 24 fully saturated rings. The van der Waals surface area contributed by atoms with Gasteiger partial charge < -0.3 is 153 Å². The molecular weight excluding hydrogens is 1690 g/mol. The minimum atomic E-state index is -0.0266. The van der Waals surface area contributed by atoms with Crippen molar-refractivity contribution >= 4 is 24.6 Å². The number of likely N-dealkylation sites (tertiary alicyclic amines) is 1. The second kappa shape index (κ2) is 79.6. The first-order valence-electron chi connectivity index (χ1n) is 55.6. The van der Waals surface area contributed by atoms with E-state index in [0.29, 0.717) is 22.4 Å². The van der Waals surface area contributed by atoms with Crippen molar-refractivity contribution in [3.63, 3.8) is 0 Å². The Kier molecular flexibility index (Phi) is 70.8. The van der Waals surface area contributed by atoms with Gasteiger partial charge in [0.2, 0.25) is 12.8 Å². The van der Waals surface area contributed by atoms with E-state index in [0.717, 1.165) is 173 Å². The fourth-order valence-electron chi connectivity index (χ4n) is 20.4. The third-order valence-corrected chi connectivity index (χ3v) is 31.3. The molecule has 0 radical (unpaired) electrons. The molecule has 24 rings (SSSR count). The molecule has 0 aromatic heterocycles. The van der Waals surface area contributed by atoms with E-state index in [9.17, 15) is 9.59 Å². The topological polar surface area (TPSA) is 371 Å². The minimum absolute atomic E-state index is 0.0266. The molecule has 23 aliphatic heterocycles. The number of hydrogen-bond acceptors (Lipinski definition) is 30. The number of amides is 2. The average Bonchev–Trinajstić information content (AvgIpc) is 1.75. The lowest BCUT2D eigenvalue weighted by molar-refractivity contribution is -0.118. The van der Waals surface area contributed by atoms with Crippen LogP contribution in [0.25, 0.3) is 0 Å². The molecule has 0 atom stereocenters. The molecule has 1 aliphatic carbocycles. The molecule has 6 spiro atoms. The highest BCUT2D eigenvalue weighted by atomic mass is 32.2. The highest BCUT2D eigenvalue weighted by molar-refractivity contribution is 7.99. The largest absolute Gasteiger partial charge is 0.393 e. The van der Waals surface area contributed by atoms with Crippen molar-refractivity contribution in [1.82, 2.24) is 143 Å². The summed E-state index contributed by atoms with van der Waals surface area (Å²) in [4.78, 5) is 24.2. The molecule has 31 nitrogen and oxygen atoms in total. The Morgan fingerprint density at radius 3 is 0.880 bits per heavy atom. The van der Waals surface area contributed by atoms with Crippen LogP contribution in [0.3, 0.4) is 0 Å². The van der Waals surface area contributed by atoms with Crippen LogP contribution in [-0.2, 0) is 14.3 Å². The van der Waals surface area contributed by atoms with Gasteiger partial charge in [0, 0.05) is 217 Å². The maximum Gasteiger partial charge on any atom is 0.209 e. The number of hydrogen-bond donors (Lipinski definition) is 26. The Labute approximate surface area is 817 Å². The Morgan fingerprint density at radius 1 is 0.271 bits per heavy atom. The van der Waals surface area contributed by atoms with Crippen LogP contribution in [0.2, 0.25) is 0 Å². The molecule has 24 aliphatic rings. The predicted molar refractivity (Wildman–Crippen MR) is 563 cm³/mol. The number of likely N-dealkylation sites (N-methyl/N-ethyl adjacent to an activating group) is 1. The number of nitrogens with zero attached hydrogens (tertiary/aromatic N) is 2. The molecule has 782 valence electrons. The number of aliphatic hydroxyl groups is 1. The molecule has 133 heavy (non-hydrogen) atoms. The van der Waals surface area contributed by atoms with Crippen LogP contribution in [0.4, 0.5) is 0 Å². The van der Waals surface area contributed by atoms with Gasteiger partial charge in [-0.1, -0.05) is 44.9 Å². The molecule has 0 aromatic carbocycles. The van der Waals surface area contributed by atoms with Crippen LogP contribution in [0.15, 0.2) is 0 Å². The summed E-state index contributed by atoms with van der Waals surface area (Å²) in [6, 6.07) is 0.420. The van der Waals surface area contributed by atoms with E-state index in [2.05, 4.69) is 145 Å². The monoisotopic (exact) mass is 1900 g/mol. The summed E-state index contributed by atoms with van der Waals surface area (Å²) in [5, 5.41) is 91.0. The summed E-state index contributed by atoms with van der Waals surface area (Å²) in [5.74, 6) is 2.61. The van der Waals surface area contributed by atoms with E-state index in [1.807, 2.05) is 16.7 Å². The zero-order valence-electron chi connectivity index (χ0n) is 85.4. The molecule has 23 heterocycles. The lowest BCUT2D eigenvalue weighted by Crippen LogP contribution is -2.69. The van der Waals surface area contributed by atoms with E-state index in [-0.39, 0.29) is 6.10 Å². The fourth-order valence-corrected chi connectivity index (χ4v) is 21.2. The summed E-state index contributed by atoms with van der Waals surface area (Å²) >= 11 is 2.03. The van der Waals surface area contributed by atoms with Gasteiger partial charge in [-0.25, -0.2) is 0 Å². The smallest absolute Gasteiger partial charge is 0.209 e. The normalized spacial score (nSPS) is 27.0. The van der Waals surface area contributed by atoms with Gasteiger partial charge in [-0.3, -0.25) is 9.59 Å². The van der Waals surface area contributed by atoms with Crippen LogP contribution >= 0.6 is 11.8 Å². The van der Waals surface area contributed by atoms with Crippen LogP contribution in [0.1, 0.15) is 225 Å². The number of nitrogens with one attached hydrogen (secondary N) is 25. The lowest BCUT2D eigenvalue weighted by atomic mass is 9.70. The third kappa shape index (κ3) is 58.5. The predicted octanol–water partition coefficient (Wildman–Crippen LogP) is 2.17. The van der Waals surface area contributed by atoms with Crippen molar-refractivity contribution in [2.24, 2.45) is 27.1 Å². The molecule has 0 aromatic rings. The zero-order valence-corrected chi connectivity index (χ0v) is 86.2. The van der Waals surface area contributed by atoms with E-state index in [4.69, 9.17) is 9.84 Å². The van der Waals surface area contributed by atoms with Crippen molar-refractivity contribution in [3.8, 4) is 0 Å². The van der Waals surface area contributed by atoms with E-state index in [1.165, 1.54) is 440 Å². The molecule has 23 saturated heterocycles. The summed E-state index contributed by atoms with van der Waals surface area (Å²) in [6.07, 6.45) is 48.8. The first-order chi connectivity index (χ1) is 65.6. The van der Waals surface area contributed by atoms with Crippen LogP contribution < -0.4 is 133 Å². The highest BCUT2D eigenvalue weighted by Gasteiger charge is 2.43. The number of aliphatic hydroxyl groups excluding tert-OH is 1. The van der Waals surface area contributed by atoms with Crippen LogP contribution in [0, 0.1) is 27.1 Å². The molecule has 32 heteroatoms. The van der Waals surface area contributed by atoms with Gasteiger partial charge in [0.1, 0.15) is 0 Å². The van der Waals surface area contributed by atoms with Crippen molar-refractivity contribution < 1.29 is 19.4 Å². The zero-order chi connectivity index (χ0) is 93.5. The molecule has 0 unspecified atom stereocenters. The fraction of sp³-hybridized carbons (Fsp3) is 0.980. The highest BCUT2D eigenvalue weighted by Crippen LogP contribution is 2.39. The Bertz CT molecular complexity index is 2250. The quantitative estimate of drug-likeness (QED) is 0.180. The van der Waals surface area contributed by atoms with E-state index < -0.39 is 0 Å². The Morgan fingerprint density at radius 2 is 0.594 bits per heavy atom. The Hall–Kier alpha value is -1.79. The molecule has 1 saturated carbocycles. The lowest BCUT2D eigenvalue weighted by Gasteiger charge is -2.50. The number of carbonyl (C=O) groups excluding carboxylic acids is 2. The van der Waals surface area contributed by atoms with Crippen LogP contribution in [0.5, 0.6) is 0 Å². The molecule has 26 N–H and O–H groups in total. The Balaban J connectivity index is 0.000000193. The van der Waals surface area contributed by atoms with Gasteiger partial charge in [0.25, 0.3) is 0 Å². The van der Waals surface area contributed by atoms with Gasteiger partial charge in [-0.2, -0.15) is 11.8 Å². The minimum Gasteiger partial charge on any atom is -0.393 e. The van der Waals surface area contributed by atoms with Crippen molar-refractivity contribution in [2.45, 2.75) is 242 Å². The number of morpholine rings is 1. The molecule has 0 bridgehead atoms. The number of rotatable bonds is 3. The first-order valence-corrected chi connectivity index (χ1v) is 56.7. The summed E-state index contributed by atoms with van der Waals surface area (Å²) in [6.45, 7) is 62.5. The molecule has 2 amide bonds. The number of thioether (sulfide) groups is 1. The third-order valence-electron chi connectivity index (χ3n) is 30.3. The van der Waals surface area contributed by atoms with E-state index in [1.54, 1.807) is 0 Å². The van der Waals surface area contributed by atoms with Gasteiger partial charge >= 0.3 is 0 Å². The summed E-state index contributed by atoms with van der Waals surface area (Å²) in [5.41, 5.74) is 4.19.